The molecule has 3 rings (SSSR count). The van der Waals surface area contributed by atoms with Gasteiger partial charge in [0.05, 0.1) is 6.10 Å². The monoisotopic (exact) mass is 529 g/mol. The molecule has 0 aliphatic heterocycles. The average molecular weight is 529 g/mol. The van der Waals surface area contributed by atoms with E-state index in [4.69, 9.17) is 4.74 Å². The van der Waals surface area contributed by atoms with E-state index in [1.165, 1.54) is 12.1 Å². The summed E-state index contributed by atoms with van der Waals surface area (Å²) in [5, 5.41) is 17.9. The molecule has 0 amide bonds. The lowest BCUT2D eigenvalue weighted by molar-refractivity contribution is 0.106. The van der Waals surface area contributed by atoms with Crippen LogP contribution in [0, 0.1) is 5.82 Å². The summed E-state index contributed by atoms with van der Waals surface area (Å²) in [4.78, 5) is 5.09. The van der Waals surface area contributed by atoms with Crippen LogP contribution in [-0.4, -0.2) is 38.3 Å². The molecule has 0 radical (unpaired) electrons. The third-order valence-electron chi connectivity index (χ3n) is 4.44. The second kappa shape index (κ2) is 11.4. The van der Waals surface area contributed by atoms with Crippen molar-refractivity contribution in [3.63, 3.8) is 0 Å². The van der Waals surface area contributed by atoms with Crippen molar-refractivity contribution in [2.45, 2.75) is 12.2 Å². The van der Waals surface area contributed by atoms with Gasteiger partial charge in [-0.2, -0.15) is 0 Å². The highest BCUT2D eigenvalue weighted by molar-refractivity contribution is 14.0. The Hall–Kier alpha value is -1.75. The number of aliphatic hydroxyl groups is 1. The second-order valence-electron chi connectivity index (χ2n) is 6.31. The predicted octanol–water partition coefficient (Wildman–Crippen LogP) is 4.24. The van der Waals surface area contributed by atoms with Crippen molar-refractivity contribution in [1.82, 2.24) is 10.6 Å². The van der Waals surface area contributed by atoms with E-state index in [0.717, 1.165) is 20.5 Å². The molecule has 0 saturated heterocycles. The van der Waals surface area contributed by atoms with Crippen molar-refractivity contribution < 1.29 is 14.2 Å². The second-order valence-corrected chi connectivity index (χ2v) is 7.43. The molecule has 3 aromatic rings. The number of rotatable bonds is 7. The Morgan fingerprint density at radius 2 is 1.83 bits per heavy atom. The zero-order chi connectivity index (χ0) is 19.9. The minimum Gasteiger partial charge on any atom is -0.386 e. The Bertz CT molecular complexity index is 900. The van der Waals surface area contributed by atoms with Gasteiger partial charge in [0.25, 0.3) is 0 Å². The molecule has 3 N–H and O–H groups in total. The number of ether oxygens (including phenoxy) is 1. The molecule has 0 aliphatic rings. The molecule has 2 atom stereocenters. The number of aliphatic imine (C=N–C) groups is 1. The number of methoxy groups -OCH3 is 1. The Morgan fingerprint density at radius 1 is 1.14 bits per heavy atom. The summed E-state index contributed by atoms with van der Waals surface area (Å²) in [6, 6.07) is 16.3. The maximum Gasteiger partial charge on any atom is 0.191 e. The van der Waals surface area contributed by atoms with Gasteiger partial charge in [0.15, 0.2) is 5.96 Å². The number of benzene rings is 2. The van der Waals surface area contributed by atoms with Gasteiger partial charge < -0.3 is 20.5 Å². The first-order chi connectivity index (χ1) is 13.6. The van der Waals surface area contributed by atoms with Crippen molar-refractivity contribution in [2.75, 3.05) is 27.2 Å². The highest BCUT2D eigenvalue weighted by atomic mass is 127. The largest absolute Gasteiger partial charge is 0.386 e. The number of thiophene rings is 1. The molecule has 0 aliphatic carbocycles. The summed E-state index contributed by atoms with van der Waals surface area (Å²) < 4.78 is 19.7. The highest BCUT2D eigenvalue weighted by Crippen LogP contribution is 2.29. The number of nitrogens with zero attached hydrogens (tertiary/aromatic N) is 1. The van der Waals surface area contributed by atoms with Crippen molar-refractivity contribution in [3.8, 4) is 0 Å². The number of hydrogen-bond acceptors (Lipinski definition) is 4. The summed E-state index contributed by atoms with van der Waals surface area (Å²) in [5.41, 5.74) is 0.872. The Morgan fingerprint density at radius 3 is 2.48 bits per heavy atom. The van der Waals surface area contributed by atoms with Gasteiger partial charge in [0.2, 0.25) is 0 Å². The van der Waals surface area contributed by atoms with Crippen molar-refractivity contribution in [1.29, 1.82) is 0 Å². The third kappa shape index (κ3) is 6.36. The molecule has 0 saturated carbocycles. The third-order valence-corrected chi connectivity index (χ3v) is 5.66. The van der Waals surface area contributed by atoms with E-state index in [1.54, 1.807) is 37.6 Å². The summed E-state index contributed by atoms with van der Waals surface area (Å²) in [5.74, 6) is 0.281. The van der Waals surface area contributed by atoms with Crippen LogP contribution in [0.4, 0.5) is 4.39 Å². The number of nitrogens with one attached hydrogen (secondary N) is 2. The maximum absolute atomic E-state index is 13.1. The van der Waals surface area contributed by atoms with Crippen LogP contribution in [0.1, 0.15) is 22.6 Å². The molecule has 1 heterocycles. The van der Waals surface area contributed by atoms with E-state index in [-0.39, 0.29) is 35.9 Å². The lowest BCUT2D eigenvalue weighted by Gasteiger charge is -2.19. The van der Waals surface area contributed by atoms with Gasteiger partial charge in [-0.3, -0.25) is 4.99 Å². The molecule has 29 heavy (non-hydrogen) atoms. The molecule has 0 bridgehead atoms. The Labute approximate surface area is 191 Å². The van der Waals surface area contributed by atoms with Gasteiger partial charge in [-0.25, -0.2) is 4.39 Å². The van der Waals surface area contributed by atoms with Crippen LogP contribution in [0.25, 0.3) is 10.1 Å². The first kappa shape index (κ1) is 23.5. The molecule has 8 heteroatoms. The van der Waals surface area contributed by atoms with Gasteiger partial charge in [-0.05, 0) is 35.2 Å². The number of aliphatic hydroxyl groups excluding tert-OH is 1. The van der Waals surface area contributed by atoms with E-state index in [2.05, 4.69) is 15.6 Å². The van der Waals surface area contributed by atoms with E-state index in [9.17, 15) is 9.50 Å². The minimum absolute atomic E-state index is 0. The van der Waals surface area contributed by atoms with E-state index in [0.29, 0.717) is 19.0 Å². The smallest absolute Gasteiger partial charge is 0.191 e. The Balaban J connectivity index is 0.00000300. The Kier molecular flexibility index (Phi) is 9.28. The highest BCUT2D eigenvalue weighted by Gasteiger charge is 2.14. The van der Waals surface area contributed by atoms with Crippen LogP contribution in [0.2, 0.25) is 0 Å². The van der Waals surface area contributed by atoms with Crippen molar-refractivity contribution in [2.24, 2.45) is 4.99 Å². The average Bonchev–Trinajstić information content (AvgIpc) is 3.16. The topological polar surface area (TPSA) is 65.9 Å². The van der Waals surface area contributed by atoms with Gasteiger partial charge in [-0.15, -0.1) is 35.3 Å². The molecule has 156 valence electrons. The maximum atomic E-state index is 13.1. The minimum atomic E-state index is -0.633. The van der Waals surface area contributed by atoms with Gasteiger partial charge >= 0.3 is 0 Å². The molecule has 0 spiro atoms. The number of halogens is 2. The zero-order valence-electron chi connectivity index (χ0n) is 16.3. The zero-order valence-corrected chi connectivity index (χ0v) is 19.4. The van der Waals surface area contributed by atoms with Crippen LogP contribution in [0.3, 0.4) is 0 Å². The number of guanidine groups is 1. The fourth-order valence-corrected chi connectivity index (χ4v) is 3.94. The summed E-state index contributed by atoms with van der Waals surface area (Å²) >= 11 is 1.58. The van der Waals surface area contributed by atoms with Crippen molar-refractivity contribution in [3.05, 3.63) is 70.9 Å². The lowest BCUT2D eigenvalue weighted by Crippen LogP contribution is -2.41. The SMILES string of the molecule is CN=C(NCC(O)c1cc2ccccc2s1)NCC(OC)c1ccc(F)cc1.I. The van der Waals surface area contributed by atoms with Gasteiger partial charge in [0, 0.05) is 36.8 Å². The van der Waals surface area contributed by atoms with Gasteiger partial charge in [0.1, 0.15) is 11.9 Å². The molecular weight excluding hydrogens is 504 g/mol. The molecular formula is C21H25FIN3O2S. The summed E-state index contributed by atoms with van der Waals surface area (Å²) in [6.07, 6.45) is -0.877. The van der Waals surface area contributed by atoms with Crippen LogP contribution >= 0.6 is 35.3 Å². The van der Waals surface area contributed by atoms with Crippen LogP contribution < -0.4 is 10.6 Å². The van der Waals surface area contributed by atoms with Crippen LogP contribution in [0.5, 0.6) is 0 Å². The fraction of sp³-hybridized carbons (Fsp3) is 0.286. The molecule has 1 aromatic heterocycles. The molecule has 2 aromatic carbocycles. The standard InChI is InChI=1S/C21H24FN3O2S.HI/c1-23-21(25-13-18(27-2)14-7-9-16(22)10-8-14)24-12-17(26)20-11-15-5-3-4-6-19(15)28-20;/h3-11,17-18,26H,12-13H2,1-2H3,(H2,23,24,25);1H. The fourth-order valence-electron chi connectivity index (χ4n) is 2.89. The van der Waals surface area contributed by atoms with E-state index in [1.807, 2.05) is 30.3 Å². The van der Waals surface area contributed by atoms with Crippen LogP contribution in [0.15, 0.2) is 59.6 Å². The first-order valence-electron chi connectivity index (χ1n) is 9.00. The van der Waals surface area contributed by atoms with E-state index >= 15 is 0 Å². The number of fused-ring (bicyclic) bond motifs is 1. The predicted molar refractivity (Wildman–Crippen MR) is 128 cm³/mol. The van der Waals surface area contributed by atoms with Crippen LogP contribution in [-0.2, 0) is 4.74 Å². The molecule has 0 fully saturated rings. The van der Waals surface area contributed by atoms with Crippen molar-refractivity contribution >= 4 is 51.4 Å². The first-order valence-corrected chi connectivity index (χ1v) is 9.81. The summed E-state index contributed by atoms with van der Waals surface area (Å²) in [6.45, 7) is 0.793. The number of hydrogen-bond donors (Lipinski definition) is 3. The lowest BCUT2D eigenvalue weighted by atomic mass is 10.1. The molecule has 2 unspecified atom stereocenters. The summed E-state index contributed by atoms with van der Waals surface area (Å²) in [7, 11) is 3.28. The quantitative estimate of drug-likeness (QED) is 0.244. The van der Waals surface area contributed by atoms with Gasteiger partial charge in [-0.1, -0.05) is 30.3 Å². The molecule has 5 nitrogen and oxygen atoms in total. The normalized spacial score (nSPS) is 13.6. The van der Waals surface area contributed by atoms with E-state index < -0.39 is 6.10 Å².